The summed E-state index contributed by atoms with van der Waals surface area (Å²) in [5, 5.41) is 10.2. The number of hydrogen-bond donors (Lipinski definition) is 2. The van der Waals surface area contributed by atoms with E-state index < -0.39 is 18.5 Å². The zero-order valence-electron chi connectivity index (χ0n) is 17.5. The molecule has 2 heterocycles. The van der Waals surface area contributed by atoms with Crippen molar-refractivity contribution in [3.05, 3.63) is 59.9 Å². The lowest BCUT2D eigenvalue weighted by Crippen LogP contribution is -2.11. The van der Waals surface area contributed by atoms with Crippen LogP contribution in [0.5, 0.6) is 17.2 Å². The van der Waals surface area contributed by atoms with Crippen LogP contribution in [-0.4, -0.2) is 47.4 Å². The summed E-state index contributed by atoms with van der Waals surface area (Å²) in [4.78, 5) is 27.5. The largest absolute Gasteiger partial charge is 0.497 e. The Hall–Kier alpha value is -4.27. The minimum atomic E-state index is -1.12. The van der Waals surface area contributed by atoms with Crippen LogP contribution in [-0.2, 0) is 11.3 Å². The van der Waals surface area contributed by atoms with Crippen molar-refractivity contribution in [1.29, 1.82) is 0 Å². The number of primary amides is 1. The summed E-state index contributed by atoms with van der Waals surface area (Å²) < 4.78 is 18.2. The first-order valence-electron chi connectivity index (χ1n) is 9.68. The van der Waals surface area contributed by atoms with Crippen molar-refractivity contribution >= 4 is 33.7 Å². The number of nitrogens with two attached hydrogens (primary N) is 1. The van der Waals surface area contributed by atoms with Crippen LogP contribution in [0, 0.1) is 0 Å². The van der Waals surface area contributed by atoms with Crippen molar-refractivity contribution in [2.24, 2.45) is 5.73 Å². The number of nitrogens with zero attached hydrogens (tertiary/aromatic N) is 2. The molecule has 4 aromatic rings. The monoisotopic (exact) mass is 435 g/mol. The summed E-state index contributed by atoms with van der Waals surface area (Å²) in [6, 6.07) is 10.8. The average molecular weight is 435 g/mol. The number of aromatic nitrogens is 2. The van der Waals surface area contributed by atoms with E-state index in [1.807, 2.05) is 22.8 Å². The molecule has 0 aliphatic rings. The smallest absolute Gasteiger partial charge is 0.341 e. The summed E-state index contributed by atoms with van der Waals surface area (Å²) in [7, 11) is 3.16. The standard InChI is InChI=1S/C23H21N3O6/c1-30-14-6-13(7-15(8-14)31-2)11-26-17-5-3-4-16(23(24)29)21(17)22-18(26)9-25-10-19(22)32-12-20(27)28/h3-10H,11-12H2,1-2H3,(H2,24,29)(H,27,28). The Morgan fingerprint density at radius 1 is 1.03 bits per heavy atom. The molecule has 2 aromatic heterocycles. The van der Waals surface area contributed by atoms with Gasteiger partial charge in [-0.3, -0.25) is 9.78 Å². The second-order valence-electron chi connectivity index (χ2n) is 7.09. The Labute approximate surface area is 182 Å². The van der Waals surface area contributed by atoms with Gasteiger partial charge in [0.25, 0.3) is 0 Å². The fraction of sp³-hybridized carbons (Fsp3) is 0.174. The third-order valence-corrected chi connectivity index (χ3v) is 5.13. The summed E-state index contributed by atoms with van der Waals surface area (Å²) in [5.74, 6) is -0.184. The van der Waals surface area contributed by atoms with Crippen LogP contribution >= 0.6 is 0 Å². The molecule has 9 heteroatoms. The lowest BCUT2D eigenvalue weighted by molar-refractivity contribution is -0.139. The minimum Gasteiger partial charge on any atom is -0.497 e. The van der Waals surface area contributed by atoms with Gasteiger partial charge in [0.2, 0.25) is 5.91 Å². The molecule has 0 spiro atoms. The molecule has 0 atom stereocenters. The SMILES string of the molecule is COc1cc(Cn2c3cncc(OCC(=O)O)c3c3c(C(N)=O)cccc32)cc(OC)c1. The molecule has 4 rings (SSSR count). The molecule has 0 aliphatic heterocycles. The van der Waals surface area contributed by atoms with E-state index in [1.54, 1.807) is 38.6 Å². The number of rotatable bonds is 8. The fourth-order valence-corrected chi connectivity index (χ4v) is 3.81. The summed E-state index contributed by atoms with van der Waals surface area (Å²) in [6.07, 6.45) is 3.08. The molecule has 0 radical (unpaired) electrons. The minimum absolute atomic E-state index is 0.255. The van der Waals surface area contributed by atoms with Crippen molar-refractivity contribution in [2.75, 3.05) is 20.8 Å². The Morgan fingerprint density at radius 3 is 2.38 bits per heavy atom. The van der Waals surface area contributed by atoms with E-state index in [2.05, 4.69) is 4.98 Å². The molecular formula is C23H21N3O6. The number of carboxylic acids is 1. The van der Waals surface area contributed by atoms with Crippen molar-refractivity contribution in [3.8, 4) is 17.2 Å². The second-order valence-corrected chi connectivity index (χ2v) is 7.09. The molecule has 0 fully saturated rings. The third kappa shape index (κ3) is 3.76. The summed E-state index contributed by atoms with van der Waals surface area (Å²) in [5.41, 5.74) is 8.24. The molecule has 164 valence electrons. The molecule has 0 saturated heterocycles. The van der Waals surface area contributed by atoms with E-state index >= 15 is 0 Å². The van der Waals surface area contributed by atoms with Crippen molar-refractivity contribution in [2.45, 2.75) is 6.54 Å². The van der Waals surface area contributed by atoms with E-state index in [4.69, 9.17) is 25.1 Å². The average Bonchev–Trinajstić information content (AvgIpc) is 3.11. The molecule has 0 unspecified atom stereocenters. The maximum atomic E-state index is 12.2. The fourth-order valence-electron chi connectivity index (χ4n) is 3.81. The lowest BCUT2D eigenvalue weighted by Gasteiger charge is -2.11. The predicted molar refractivity (Wildman–Crippen MR) is 118 cm³/mol. The van der Waals surface area contributed by atoms with E-state index in [0.29, 0.717) is 39.9 Å². The number of ether oxygens (including phenoxy) is 3. The summed E-state index contributed by atoms with van der Waals surface area (Å²) in [6.45, 7) is -0.140. The lowest BCUT2D eigenvalue weighted by atomic mass is 10.1. The third-order valence-electron chi connectivity index (χ3n) is 5.13. The van der Waals surface area contributed by atoms with Crippen LogP contribution in [0.4, 0.5) is 0 Å². The quantitative estimate of drug-likeness (QED) is 0.436. The molecular weight excluding hydrogens is 414 g/mol. The molecule has 0 bridgehead atoms. The van der Waals surface area contributed by atoms with Gasteiger partial charge in [0.05, 0.1) is 43.0 Å². The van der Waals surface area contributed by atoms with Crippen LogP contribution in [0.15, 0.2) is 48.8 Å². The number of amides is 1. The molecule has 32 heavy (non-hydrogen) atoms. The highest BCUT2D eigenvalue weighted by molar-refractivity contribution is 6.19. The van der Waals surface area contributed by atoms with E-state index in [9.17, 15) is 9.59 Å². The van der Waals surface area contributed by atoms with E-state index in [0.717, 1.165) is 11.1 Å². The molecule has 2 aromatic carbocycles. The van der Waals surface area contributed by atoms with Gasteiger partial charge < -0.3 is 29.6 Å². The Morgan fingerprint density at radius 2 is 1.75 bits per heavy atom. The molecule has 1 amide bonds. The Bertz CT molecular complexity index is 1320. The zero-order valence-corrected chi connectivity index (χ0v) is 17.5. The van der Waals surface area contributed by atoms with Gasteiger partial charge in [0.15, 0.2) is 6.61 Å². The number of benzene rings is 2. The number of hydrogen-bond acceptors (Lipinski definition) is 6. The maximum absolute atomic E-state index is 12.2. The van der Waals surface area contributed by atoms with E-state index in [1.165, 1.54) is 6.20 Å². The second kappa shape index (κ2) is 8.46. The van der Waals surface area contributed by atoms with Gasteiger partial charge in [0, 0.05) is 23.6 Å². The predicted octanol–water partition coefficient (Wildman–Crippen LogP) is 2.82. The van der Waals surface area contributed by atoms with Crippen LogP contribution in [0.2, 0.25) is 0 Å². The van der Waals surface area contributed by atoms with Crippen molar-refractivity contribution in [3.63, 3.8) is 0 Å². The highest BCUT2D eigenvalue weighted by atomic mass is 16.5. The number of fused-ring (bicyclic) bond motifs is 3. The summed E-state index contributed by atoms with van der Waals surface area (Å²) >= 11 is 0. The number of carboxylic acid groups (broad SMARTS) is 1. The van der Waals surface area contributed by atoms with Crippen LogP contribution in [0.3, 0.4) is 0 Å². The van der Waals surface area contributed by atoms with E-state index in [-0.39, 0.29) is 5.75 Å². The normalized spacial score (nSPS) is 10.9. The molecule has 0 aliphatic carbocycles. The maximum Gasteiger partial charge on any atom is 0.341 e. The topological polar surface area (TPSA) is 126 Å². The highest BCUT2D eigenvalue weighted by Crippen LogP contribution is 2.38. The first-order chi connectivity index (χ1) is 15.4. The molecule has 0 saturated carbocycles. The van der Waals surface area contributed by atoms with Crippen LogP contribution in [0.1, 0.15) is 15.9 Å². The first kappa shape index (κ1) is 21.0. The van der Waals surface area contributed by atoms with Crippen LogP contribution in [0.25, 0.3) is 21.8 Å². The van der Waals surface area contributed by atoms with Crippen molar-refractivity contribution in [1.82, 2.24) is 9.55 Å². The first-order valence-corrected chi connectivity index (χ1v) is 9.68. The van der Waals surface area contributed by atoms with Gasteiger partial charge in [-0.2, -0.15) is 0 Å². The van der Waals surface area contributed by atoms with Crippen molar-refractivity contribution < 1.29 is 28.9 Å². The Balaban J connectivity index is 1.98. The van der Waals surface area contributed by atoms with Gasteiger partial charge in [-0.15, -0.1) is 0 Å². The van der Waals surface area contributed by atoms with Crippen LogP contribution < -0.4 is 19.9 Å². The van der Waals surface area contributed by atoms with Gasteiger partial charge in [0.1, 0.15) is 17.2 Å². The van der Waals surface area contributed by atoms with Gasteiger partial charge in [-0.05, 0) is 29.8 Å². The number of pyridine rings is 1. The van der Waals surface area contributed by atoms with Gasteiger partial charge >= 0.3 is 5.97 Å². The van der Waals surface area contributed by atoms with Gasteiger partial charge in [-0.25, -0.2) is 4.79 Å². The number of carbonyl (C=O) groups excluding carboxylic acids is 1. The Kier molecular flexibility index (Phi) is 5.55. The number of aliphatic carboxylic acids is 1. The number of carbonyl (C=O) groups is 2. The molecule has 3 N–H and O–H groups in total. The van der Waals surface area contributed by atoms with Gasteiger partial charge in [-0.1, -0.05) is 6.07 Å². The highest BCUT2D eigenvalue weighted by Gasteiger charge is 2.21. The number of methoxy groups -OCH3 is 2. The molecule has 9 nitrogen and oxygen atoms in total. The zero-order chi connectivity index (χ0) is 22.8.